The molecule has 6 nitrogen and oxygen atoms in total. The fraction of sp³-hybridized carbons (Fsp3) is 0.190. The van der Waals surface area contributed by atoms with Crippen LogP contribution in [0.2, 0.25) is 0 Å². The van der Waals surface area contributed by atoms with E-state index in [1.54, 1.807) is 17.5 Å². The summed E-state index contributed by atoms with van der Waals surface area (Å²) in [5, 5.41) is 4.52. The van der Waals surface area contributed by atoms with Crippen molar-refractivity contribution in [2.45, 2.75) is 23.7 Å². The zero-order valence-electron chi connectivity index (χ0n) is 16.2. The Hall–Kier alpha value is -2.68. The van der Waals surface area contributed by atoms with Crippen LogP contribution in [-0.2, 0) is 21.4 Å². The Morgan fingerprint density at radius 3 is 2.41 bits per heavy atom. The molecule has 0 spiro atoms. The van der Waals surface area contributed by atoms with Crippen LogP contribution < -0.4 is 14.9 Å². The number of anilines is 2. The summed E-state index contributed by atoms with van der Waals surface area (Å²) in [4.78, 5) is 14.7. The average molecular weight is 430 g/mol. The van der Waals surface area contributed by atoms with Gasteiger partial charge in [0.25, 0.3) is 10.0 Å². The molecule has 0 aliphatic rings. The van der Waals surface area contributed by atoms with E-state index in [2.05, 4.69) is 10.0 Å². The van der Waals surface area contributed by atoms with Gasteiger partial charge in [-0.2, -0.15) is 4.72 Å². The molecule has 3 aromatic rings. The highest BCUT2D eigenvalue weighted by Crippen LogP contribution is 2.26. The SMILES string of the molecule is CC(NS(=O)(=O)c1cccs1)C(=O)Nc1ccccc1N(C)Cc1ccccc1. The maximum atomic E-state index is 12.6. The summed E-state index contributed by atoms with van der Waals surface area (Å²) in [5.41, 5.74) is 2.62. The first-order valence-corrected chi connectivity index (χ1v) is 11.4. The first-order chi connectivity index (χ1) is 13.9. The number of benzene rings is 2. The number of sulfonamides is 1. The predicted molar refractivity (Wildman–Crippen MR) is 118 cm³/mol. The number of thiophene rings is 1. The van der Waals surface area contributed by atoms with Crippen LogP contribution in [0.25, 0.3) is 0 Å². The first-order valence-electron chi connectivity index (χ1n) is 9.07. The molecule has 0 aliphatic carbocycles. The fourth-order valence-corrected chi connectivity index (χ4v) is 5.07. The van der Waals surface area contributed by atoms with Gasteiger partial charge in [-0.1, -0.05) is 48.5 Å². The maximum Gasteiger partial charge on any atom is 0.250 e. The minimum Gasteiger partial charge on any atom is -0.369 e. The Morgan fingerprint density at radius 1 is 1.03 bits per heavy atom. The molecule has 152 valence electrons. The van der Waals surface area contributed by atoms with Crippen molar-refractivity contribution >= 4 is 38.6 Å². The fourth-order valence-electron chi connectivity index (χ4n) is 2.86. The molecule has 0 aliphatic heterocycles. The van der Waals surface area contributed by atoms with Crippen LogP contribution in [-0.4, -0.2) is 27.4 Å². The van der Waals surface area contributed by atoms with E-state index in [1.807, 2.05) is 60.5 Å². The van der Waals surface area contributed by atoms with Gasteiger partial charge in [0.15, 0.2) is 0 Å². The van der Waals surface area contributed by atoms with Gasteiger partial charge in [0.05, 0.1) is 17.4 Å². The molecule has 1 amide bonds. The van der Waals surface area contributed by atoms with Crippen molar-refractivity contribution in [1.29, 1.82) is 0 Å². The Balaban J connectivity index is 1.70. The molecule has 0 saturated carbocycles. The molecule has 0 saturated heterocycles. The number of hydrogen-bond acceptors (Lipinski definition) is 5. The Labute approximate surface area is 175 Å². The summed E-state index contributed by atoms with van der Waals surface area (Å²) in [6, 6.07) is 19.7. The van der Waals surface area contributed by atoms with Crippen LogP contribution in [0.5, 0.6) is 0 Å². The number of para-hydroxylation sites is 2. The molecule has 0 fully saturated rings. The lowest BCUT2D eigenvalue weighted by molar-refractivity contribution is -0.117. The largest absolute Gasteiger partial charge is 0.369 e. The number of carbonyl (C=O) groups excluding carboxylic acids is 1. The molecule has 29 heavy (non-hydrogen) atoms. The topological polar surface area (TPSA) is 78.5 Å². The Bertz CT molecular complexity index is 1050. The number of nitrogens with zero attached hydrogens (tertiary/aromatic N) is 1. The van der Waals surface area contributed by atoms with Gasteiger partial charge in [0.1, 0.15) is 4.21 Å². The average Bonchev–Trinajstić information content (AvgIpc) is 3.24. The van der Waals surface area contributed by atoms with Gasteiger partial charge in [-0.25, -0.2) is 8.42 Å². The van der Waals surface area contributed by atoms with E-state index in [-0.39, 0.29) is 4.21 Å². The third-order valence-electron chi connectivity index (χ3n) is 4.32. The third kappa shape index (κ3) is 5.44. The van der Waals surface area contributed by atoms with Gasteiger partial charge >= 0.3 is 0 Å². The molecule has 1 unspecified atom stereocenters. The van der Waals surface area contributed by atoms with E-state index in [4.69, 9.17) is 0 Å². The van der Waals surface area contributed by atoms with Crippen molar-refractivity contribution in [2.24, 2.45) is 0 Å². The van der Waals surface area contributed by atoms with Crippen LogP contribution in [0.15, 0.2) is 76.3 Å². The van der Waals surface area contributed by atoms with Crippen molar-refractivity contribution in [3.8, 4) is 0 Å². The lowest BCUT2D eigenvalue weighted by Gasteiger charge is -2.23. The van der Waals surface area contributed by atoms with Gasteiger partial charge < -0.3 is 10.2 Å². The first kappa shape index (κ1) is 21.0. The van der Waals surface area contributed by atoms with E-state index in [1.165, 1.54) is 13.0 Å². The van der Waals surface area contributed by atoms with Crippen LogP contribution >= 0.6 is 11.3 Å². The molecular weight excluding hydrogens is 406 g/mol. The van der Waals surface area contributed by atoms with Crippen molar-refractivity contribution in [1.82, 2.24) is 4.72 Å². The van der Waals surface area contributed by atoms with Gasteiger partial charge in [-0.3, -0.25) is 4.79 Å². The number of amides is 1. The molecule has 1 atom stereocenters. The minimum atomic E-state index is -3.72. The molecule has 1 aromatic heterocycles. The van der Waals surface area contributed by atoms with Crippen LogP contribution in [0.1, 0.15) is 12.5 Å². The molecule has 2 aromatic carbocycles. The summed E-state index contributed by atoms with van der Waals surface area (Å²) in [5.74, 6) is -0.425. The highest BCUT2D eigenvalue weighted by Gasteiger charge is 2.23. The van der Waals surface area contributed by atoms with E-state index in [9.17, 15) is 13.2 Å². The Kier molecular flexibility index (Phi) is 6.68. The number of rotatable bonds is 8. The predicted octanol–water partition coefficient (Wildman–Crippen LogP) is 3.69. The van der Waals surface area contributed by atoms with Crippen LogP contribution in [0.3, 0.4) is 0 Å². The lowest BCUT2D eigenvalue weighted by Crippen LogP contribution is -2.41. The van der Waals surface area contributed by atoms with Crippen molar-refractivity contribution < 1.29 is 13.2 Å². The summed E-state index contributed by atoms with van der Waals surface area (Å²) < 4.78 is 27.3. The number of carbonyl (C=O) groups is 1. The normalized spacial score (nSPS) is 12.3. The molecule has 8 heteroatoms. The van der Waals surface area contributed by atoms with Crippen molar-refractivity contribution in [2.75, 3.05) is 17.3 Å². The quantitative estimate of drug-likeness (QED) is 0.572. The molecule has 2 N–H and O–H groups in total. The summed E-state index contributed by atoms with van der Waals surface area (Å²) in [6.45, 7) is 2.20. The zero-order chi connectivity index (χ0) is 20.9. The summed E-state index contributed by atoms with van der Waals surface area (Å²) in [7, 11) is -1.78. The Morgan fingerprint density at radius 2 is 1.72 bits per heavy atom. The molecular formula is C21H23N3O3S2. The zero-order valence-corrected chi connectivity index (χ0v) is 17.8. The van der Waals surface area contributed by atoms with Gasteiger partial charge in [0.2, 0.25) is 5.91 Å². The minimum absolute atomic E-state index is 0.181. The van der Waals surface area contributed by atoms with Gasteiger partial charge in [-0.15, -0.1) is 11.3 Å². The van der Waals surface area contributed by atoms with Crippen LogP contribution in [0.4, 0.5) is 11.4 Å². The number of nitrogens with one attached hydrogen (secondary N) is 2. The summed E-state index contributed by atoms with van der Waals surface area (Å²) >= 11 is 1.11. The van der Waals surface area contributed by atoms with Crippen LogP contribution in [0, 0.1) is 0 Å². The lowest BCUT2D eigenvalue weighted by atomic mass is 10.2. The third-order valence-corrected chi connectivity index (χ3v) is 7.26. The highest BCUT2D eigenvalue weighted by atomic mass is 32.2. The van der Waals surface area contributed by atoms with Gasteiger partial charge in [-0.05, 0) is 36.1 Å². The van der Waals surface area contributed by atoms with Crippen molar-refractivity contribution in [3.05, 3.63) is 77.7 Å². The van der Waals surface area contributed by atoms with Gasteiger partial charge in [0, 0.05) is 13.6 Å². The monoisotopic (exact) mass is 429 g/mol. The van der Waals surface area contributed by atoms with E-state index in [0.717, 1.165) is 22.6 Å². The van der Waals surface area contributed by atoms with E-state index < -0.39 is 22.0 Å². The smallest absolute Gasteiger partial charge is 0.250 e. The molecule has 3 rings (SSSR count). The second-order valence-corrected chi connectivity index (χ2v) is 9.51. The maximum absolute atomic E-state index is 12.6. The van der Waals surface area contributed by atoms with E-state index >= 15 is 0 Å². The molecule has 1 heterocycles. The number of hydrogen-bond donors (Lipinski definition) is 2. The second kappa shape index (κ2) is 9.21. The molecule has 0 radical (unpaired) electrons. The molecule has 0 bridgehead atoms. The van der Waals surface area contributed by atoms with E-state index in [0.29, 0.717) is 12.2 Å². The standard InChI is InChI=1S/C21H23N3O3S2/c1-16(23-29(26,27)20-13-8-14-28-20)21(25)22-18-11-6-7-12-19(18)24(2)15-17-9-4-3-5-10-17/h3-14,16,23H,15H2,1-2H3,(H,22,25). The second-order valence-electron chi connectivity index (χ2n) is 6.62. The van der Waals surface area contributed by atoms with Crippen molar-refractivity contribution in [3.63, 3.8) is 0 Å². The summed E-state index contributed by atoms with van der Waals surface area (Å²) in [6.07, 6.45) is 0. The highest BCUT2D eigenvalue weighted by molar-refractivity contribution is 7.91.